The lowest BCUT2D eigenvalue weighted by Gasteiger charge is -2.27. The average Bonchev–Trinajstić information content (AvgIpc) is 3.53. The zero-order valence-electron chi connectivity index (χ0n) is 20.8. The first-order valence-electron chi connectivity index (χ1n) is 12.8. The summed E-state index contributed by atoms with van der Waals surface area (Å²) in [5, 5.41) is 15.9. The number of aliphatic hydroxyl groups excluding tert-OH is 1. The van der Waals surface area contributed by atoms with Gasteiger partial charge in [0.1, 0.15) is 23.1 Å². The van der Waals surface area contributed by atoms with E-state index in [1.807, 2.05) is 48.5 Å². The topological polar surface area (TPSA) is 123 Å². The van der Waals surface area contributed by atoms with Crippen LogP contribution < -0.4 is 5.76 Å². The van der Waals surface area contributed by atoms with Crippen molar-refractivity contribution in [2.75, 3.05) is 0 Å². The van der Waals surface area contributed by atoms with Gasteiger partial charge in [0, 0.05) is 17.1 Å². The molecule has 1 saturated carbocycles. The van der Waals surface area contributed by atoms with Crippen LogP contribution in [-0.4, -0.2) is 34.8 Å². The number of aliphatic hydroxyl groups is 1. The number of aromatic amines is 1. The van der Waals surface area contributed by atoms with Crippen LogP contribution in [0.15, 0.2) is 63.9 Å². The fraction of sp³-hybridized carbons (Fsp3) is 0.321. The van der Waals surface area contributed by atoms with Crippen molar-refractivity contribution in [3.63, 3.8) is 0 Å². The molecule has 3 aromatic heterocycles. The summed E-state index contributed by atoms with van der Waals surface area (Å²) in [6.45, 7) is 2.98. The lowest BCUT2D eigenvalue weighted by Crippen LogP contribution is -2.20. The molecule has 0 radical (unpaired) electrons. The standard InChI is InChI=1S/C28H27ClN6O3/c1-16-10-12-17(13-11-16)15-35-22-21(19-8-5-9-20(29)14-19)30-25(26-33-28(37)38-34-26)31-24(22)32-27(35)23(36)18-6-3-2-4-7-18/h2-9,14,16-17,23,36H,10-13,15H2,1H3,(H,33,34,37). The number of halogens is 1. The van der Waals surface area contributed by atoms with Gasteiger partial charge in [-0.15, -0.1) is 0 Å². The van der Waals surface area contributed by atoms with Crippen LogP contribution in [0.3, 0.4) is 0 Å². The molecule has 38 heavy (non-hydrogen) atoms. The highest BCUT2D eigenvalue weighted by Gasteiger charge is 2.28. The highest BCUT2D eigenvalue weighted by molar-refractivity contribution is 6.30. The molecule has 0 spiro atoms. The Hall–Kier alpha value is -3.82. The van der Waals surface area contributed by atoms with Crippen molar-refractivity contribution in [3.8, 4) is 22.9 Å². The van der Waals surface area contributed by atoms with Crippen molar-refractivity contribution in [3.05, 3.63) is 81.6 Å². The van der Waals surface area contributed by atoms with Crippen LogP contribution in [0.25, 0.3) is 34.1 Å². The van der Waals surface area contributed by atoms with Gasteiger partial charge < -0.3 is 9.67 Å². The Balaban J connectivity index is 1.59. The number of nitrogens with zero attached hydrogens (tertiary/aromatic N) is 5. The second kappa shape index (κ2) is 10.2. The number of aromatic nitrogens is 6. The minimum Gasteiger partial charge on any atom is -0.380 e. The van der Waals surface area contributed by atoms with E-state index >= 15 is 0 Å². The van der Waals surface area contributed by atoms with E-state index in [2.05, 4.69) is 26.6 Å². The highest BCUT2D eigenvalue weighted by atomic mass is 35.5. The molecular weight excluding hydrogens is 504 g/mol. The van der Waals surface area contributed by atoms with Gasteiger partial charge in [0.2, 0.25) is 11.6 Å². The normalized spacial score (nSPS) is 18.6. The molecule has 1 aliphatic rings. The molecule has 0 amide bonds. The van der Waals surface area contributed by atoms with Crippen LogP contribution in [0.2, 0.25) is 5.02 Å². The summed E-state index contributed by atoms with van der Waals surface area (Å²) in [6, 6.07) is 16.8. The summed E-state index contributed by atoms with van der Waals surface area (Å²) in [5.74, 6) is 1.21. The first-order chi connectivity index (χ1) is 18.5. The fourth-order valence-electron chi connectivity index (χ4n) is 5.27. The maximum atomic E-state index is 11.7. The van der Waals surface area contributed by atoms with Crippen LogP contribution >= 0.6 is 11.6 Å². The number of H-pyrrole nitrogens is 1. The third-order valence-corrected chi connectivity index (χ3v) is 7.55. The Morgan fingerprint density at radius 1 is 1.08 bits per heavy atom. The molecule has 10 heteroatoms. The largest absolute Gasteiger partial charge is 0.439 e. The number of rotatable bonds is 6. The maximum absolute atomic E-state index is 11.7. The van der Waals surface area contributed by atoms with Crippen molar-refractivity contribution in [1.29, 1.82) is 0 Å². The van der Waals surface area contributed by atoms with E-state index in [1.54, 1.807) is 6.07 Å². The van der Waals surface area contributed by atoms with Crippen LogP contribution in [0, 0.1) is 11.8 Å². The van der Waals surface area contributed by atoms with Gasteiger partial charge in [0.05, 0.1) is 0 Å². The first kappa shape index (κ1) is 24.5. The number of hydrogen-bond acceptors (Lipinski definition) is 7. The summed E-state index contributed by atoms with van der Waals surface area (Å²) in [6.07, 6.45) is 3.60. The maximum Gasteiger partial charge on any atom is 0.439 e. The molecular formula is C28H27ClN6O3. The Labute approximate surface area is 223 Å². The number of hydrogen-bond donors (Lipinski definition) is 2. The van der Waals surface area contributed by atoms with Gasteiger partial charge in [0.25, 0.3) is 0 Å². The van der Waals surface area contributed by atoms with E-state index in [0.29, 0.717) is 40.2 Å². The minimum absolute atomic E-state index is 0.0983. The van der Waals surface area contributed by atoms with E-state index in [-0.39, 0.29) is 11.6 Å². The second-order valence-electron chi connectivity index (χ2n) is 10.0. The van der Waals surface area contributed by atoms with Gasteiger partial charge >= 0.3 is 5.76 Å². The van der Waals surface area contributed by atoms with E-state index in [4.69, 9.17) is 26.1 Å². The molecule has 2 N–H and O–H groups in total. The summed E-state index contributed by atoms with van der Waals surface area (Å²) in [5.41, 5.74) is 3.17. The van der Waals surface area contributed by atoms with Crippen LogP contribution in [0.1, 0.15) is 50.1 Å². The zero-order valence-corrected chi connectivity index (χ0v) is 21.6. The first-order valence-corrected chi connectivity index (χ1v) is 13.2. The SMILES string of the molecule is CC1CCC(Cn2c(C(O)c3ccccc3)nc3nc(-c4noc(=O)[nH]4)nc(-c4cccc(Cl)c4)c32)CC1. The van der Waals surface area contributed by atoms with E-state index < -0.39 is 11.9 Å². The third-order valence-electron chi connectivity index (χ3n) is 7.32. The number of imidazole rings is 1. The lowest BCUT2D eigenvalue weighted by molar-refractivity contribution is 0.198. The molecule has 1 fully saturated rings. The van der Waals surface area contributed by atoms with Gasteiger partial charge in [-0.05, 0) is 42.4 Å². The quantitative estimate of drug-likeness (QED) is 0.301. The van der Waals surface area contributed by atoms with E-state index in [0.717, 1.165) is 29.9 Å². The molecule has 1 unspecified atom stereocenters. The van der Waals surface area contributed by atoms with Crippen LogP contribution in [-0.2, 0) is 6.54 Å². The summed E-state index contributed by atoms with van der Waals surface area (Å²) >= 11 is 6.37. The summed E-state index contributed by atoms with van der Waals surface area (Å²) in [7, 11) is 0. The second-order valence-corrected chi connectivity index (χ2v) is 10.5. The lowest BCUT2D eigenvalue weighted by atomic mass is 9.83. The highest BCUT2D eigenvalue weighted by Crippen LogP contribution is 2.36. The van der Waals surface area contributed by atoms with Crippen LogP contribution in [0.5, 0.6) is 0 Å². The van der Waals surface area contributed by atoms with Gasteiger partial charge in [0.15, 0.2) is 5.65 Å². The van der Waals surface area contributed by atoms with Gasteiger partial charge in [-0.1, -0.05) is 79.0 Å². The average molecular weight is 531 g/mol. The number of benzene rings is 2. The smallest absolute Gasteiger partial charge is 0.380 e. The molecule has 2 aromatic carbocycles. The molecule has 3 heterocycles. The molecule has 194 valence electrons. The Morgan fingerprint density at radius 3 is 2.58 bits per heavy atom. The van der Waals surface area contributed by atoms with Gasteiger partial charge in [-0.2, -0.15) is 0 Å². The van der Waals surface area contributed by atoms with Crippen molar-refractivity contribution >= 4 is 22.8 Å². The zero-order chi connectivity index (χ0) is 26.2. The molecule has 0 saturated heterocycles. The number of fused-ring (bicyclic) bond motifs is 1. The molecule has 0 aliphatic heterocycles. The molecule has 6 rings (SSSR count). The van der Waals surface area contributed by atoms with Gasteiger partial charge in [-0.3, -0.25) is 9.51 Å². The van der Waals surface area contributed by atoms with E-state index in [9.17, 15) is 9.90 Å². The van der Waals surface area contributed by atoms with Crippen molar-refractivity contribution in [2.45, 2.75) is 45.3 Å². The molecule has 0 bridgehead atoms. The monoisotopic (exact) mass is 530 g/mol. The summed E-state index contributed by atoms with van der Waals surface area (Å²) < 4.78 is 6.77. The third kappa shape index (κ3) is 4.75. The molecule has 9 nitrogen and oxygen atoms in total. The van der Waals surface area contributed by atoms with Gasteiger partial charge in [-0.25, -0.2) is 19.7 Å². The van der Waals surface area contributed by atoms with Crippen molar-refractivity contribution in [2.24, 2.45) is 11.8 Å². The predicted molar refractivity (Wildman–Crippen MR) is 144 cm³/mol. The van der Waals surface area contributed by atoms with Crippen molar-refractivity contribution in [1.82, 2.24) is 29.7 Å². The Bertz CT molecular complexity index is 1640. The molecule has 1 aliphatic carbocycles. The van der Waals surface area contributed by atoms with E-state index in [1.165, 1.54) is 12.8 Å². The molecule has 1 atom stereocenters. The Morgan fingerprint density at radius 2 is 1.87 bits per heavy atom. The minimum atomic E-state index is -0.963. The fourth-order valence-corrected chi connectivity index (χ4v) is 5.46. The number of nitrogens with one attached hydrogen (secondary N) is 1. The predicted octanol–water partition coefficient (Wildman–Crippen LogP) is 5.40. The van der Waals surface area contributed by atoms with Crippen molar-refractivity contribution < 1.29 is 9.63 Å². The van der Waals surface area contributed by atoms with Crippen LogP contribution in [0.4, 0.5) is 0 Å². The Kier molecular flexibility index (Phi) is 6.55. The summed E-state index contributed by atoms with van der Waals surface area (Å²) in [4.78, 5) is 28.5. The molecule has 5 aromatic rings.